The van der Waals surface area contributed by atoms with Crippen LogP contribution in [-0.4, -0.2) is 22.6 Å². The molecule has 98 valence electrons. The van der Waals surface area contributed by atoms with Gasteiger partial charge in [0.2, 0.25) is 0 Å². The lowest BCUT2D eigenvalue weighted by molar-refractivity contribution is -0.156. The minimum atomic E-state index is -1.01. The van der Waals surface area contributed by atoms with Gasteiger partial charge in [0.1, 0.15) is 5.60 Å². The van der Waals surface area contributed by atoms with Crippen molar-refractivity contribution in [1.82, 2.24) is 0 Å². The Kier molecular flexibility index (Phi) is 4.11. The first-order chi connectivity index (χ1) is 8.20. The third-order valence-corrected chi connectivity index (χ3v) is 2.39. The summed E-state index contributed by atoms with van der Waals surface area (Å²) in [5, 5.41) is 8.90. The van der Waals surface area contributed by atoms with Crippen molar-refractivity contribution >= 4 is 11.9 Å². The molecule has 0 bridgehead atoms. The largest absolute Gasteiger partial charge is 0.478 e. The van der Waals surface area contributed by atoms with Crippen LogP contribution < -0.4 is 0 Å². The molecule has 0 aliphatic carbocycles. The number of carbonyl (C=O) groups is 2. The summed E-state index contributed by atoms with van der Waals surface area (Å²) in [6, 6.07) is 6.34. The molecule has 1 N–H and O–H groups in total. The lowest BCUT2D eigenvalue weighted by atomic mass is 9.99. The minimum absolute atomic E-state index is 0.169. The van der Waals surface area contributed by atoms with Crippen LogP contribution in [0.25, 0.3) is 0 Å². The molecule has 1 rings (SSSR count). The van der Waals surface area contributed by atoms with Crippen LogP contribution in [0.3, 0.4) is 0 Å². The molecule has 0 radical (unpaired) electrons. The number of hydrogen-bond acceptors (Lipinski definition) is 3. The van der Waals surface area contributed by atoms with Crippen LogP contribution in [0, 0.1) is 0 Å². The second-order valence-electron chi connectivity index (χ2n) is 5.19. The molecule has 0 saturated heterocycles. The molecular formula is C14H18O4. The highest BCUT2D eigenvalue weighted by atomic mass is 16.6. The Morgan fingerprint density at radius 2 is 1.89 bits per heavy atom. The third-order valence-electron chi connectivity index (χ3n) is 2.39. The molecule has 0 fully saturated rings. The summed E-state index contributed by atoms with van der Waals surface area (Å²) in [4.78, 5) is 22.7. The Morgan fingerprint density at radius 1 is 1.28 bits per heavy atom. The van der Waals surface area contributed by atoms with Gasteiger partial charge in [-0.25, -0.2) is 4.79 Å². The van der Waals surface area contributed by atoms with E-state index >= 15 is 0 Å². The fraction of sp³-hybridized carbons (Fsp3) is 0.429. The second-order valence-corrected chi connectivity index (χ2v) is 5.19. The Balaban J connectivity index is 2.90. The topological polar surface area (TPSA) is 63.6 Å². The molecule has 18 heavy (non-hydrogen) atoms. The number of rotatable bonds is 3. The van der Waals surface area contributed by atoms with Crippen LogP contribution in [0.15, 0.2) is 24.3 Å². The zero-order valence-corrected chi connectivity index (χ0v) is 11.1. The molecule has 0 amide bonds. The van der Waals surface area contributed by atoms with Crippen molar-refractivity contribution in [3.05, 3.63) is 35.4 Å². The predicted octanol–water partition coefficient (Wildman–Crippen LogP) is 2.83. The van der Waals surface area contributed by atoms with Gasteiger partial charge < -0.3 is 9.84 Å². The molecule has 0 aliphatic heterocycles. The molecule has 4 heteroatoms. The number of carbonyl (C=O) groups excluding carboxylic acids is 1. The fourth-order valence-corrected chi connectivity index (χ4v) is 1.47. The van der Waals surface area contributed by atoms with E-state index in [1.54, 1.807) is 39.8 Å². The first-order valence-electron chi connectivity index (χ1n) is 5.77. The van der Waals surface area contributed by atoms with E-state index in [0.717, 1.165) is 0 Å². The molecular weight excluding hydrogens is 232 g/mol. The standard InChI is InChI=1S/C14H18O4/c1-9(13(17)18-14(2,3)4)10-6-5-7-11(8-10)12(15)16/h5-9H,1-4H3,(H,15,16)/t9-/m1/s1. The quantitative estimate of drug-likeness (QED) is 0.838. The highest BCUT2D eigenvalue weighted by Gasteiger charge is 2.23. The maximum absolute atomic E-state index is 11.9. The molecule has 0 heterocycles. The lowest BCUT2D eigenvalue weighted by Gasteiger charge is -2.22. The van der Waals surface area contributed by atoms with Crippen LogP contribution >= 0.6 is 0 Å². The monoisotopic (exact) mass is 250 g/mol. The highest BCUT2D eigenvalue weighted by molar-refractivity contribution is 5.88. The zero-order valence-electron chi connectivity index (χ0n) is 11.1. The smallest absolute Gasteiger partial charge is 0.335 e. The van der Waals surface area contributed by atoms with E-state index in [4.69, 9.17) is 9.84 Å². The zero-order chi connectivity index (χ0) is 13.9. The van der Waals surface area contributed by atoms with E-state index in [2.05, 4.69) is 0 Å². The Morgan fingerprint density at radius 3 is 2.39 bits per heavy atom. The van der Waals surface area contributed by atoms with Crippen molar-refractivity contribution in [2.75, 3.05) is 0 Å². The Hall–Kier alpha value is -1.84. The van der Waals surface area contributed by atoms with Crippen LogP contribution in [0.4, 0.5) is 0 Å². The van der Waals surface area contributed by atoms with Gasteiger partial charge in [-0.15, -0.1) is 0 Å². The molecule has 0 unspecified atom stereocenters. The molecule has 1 atom stereocenters. The summed E-state index contributed by atoms with van der Waals surface area (Å²) in [6.45, 7) is 7.09. The summed E-state index contributed by atoms with van der Waals surface area (Å²) in [5.41, 5.74) is 0.266. The molecule has 1 aromatic rings. The first-order valence-corrected chi connectivity index (χ1v) is 5.77. The summed E-state index contributed by atoms with van der Waals surface area (Å²) >= 11 is 0. The Bertz CT molecular complexity index is 457. The van der Waals surface area contributed by atoms with Gasteiger partial charge in [-0.2, -0.15) is 0 Å². The van der Waals surface area contributed by atoms with Crippen molar-refractivity contribution in [3.63, 3.8) is 0 Å². The average molecular weight is 250 g/mol. The van der Waals surface area contributed by atoms with Gasteiger partial charge in [0.05, 0.1) is 11.5 Å². The summed E-state index contributed by atoms with van der Waals surface area (Å²) in [5.74, 6) is -1.85. The SMILES string of the molecule is C[C@@H](C(=O)OC(C)(C)C)c1cccc(C(=O)O)c1. The maximum atomic E-state index is 11.9. The predicted molar refractivity (Wildman–Crippen MR) is 67.7 cm³/mol. The van der Waals surface area contributed by atoms with Gasteiger partial charge in [0, 0.05) is 0 Å². The normalized spacial score (nSPS) is 12.9. The molecule has 0 saturated carbocycles. The number of ether oxygens (including phenoxy) is 1. The molecule has 0 spiro atoms. The second kappa shape index (κ2) is 5.21. The number of carboxylic acid groups (broad SMARTS) is 1. The van der Waals surface area contributed by atoms with Crippen molar-refractivity contribution in [2.24, 2.45) is 0 Å². The number of esters is 1. The van der Waals surface area contributed by atoms with E-state index in [0.29, 0.717) is 5.56 Å². The van der Waals surface area contributed by atoms with E-state index in [-0.39, 0.29) is 11.5 Å². The molecule has 0 aromatic heterocycles. The summed E-state index contributed by atoms with van der Waals surface area (Å²) in [6.07, 6.45) is 0. The van der Waals surface area contributed by atoms with E-state index in [9.17, 15) is 9.59 Å². The van der Waals surface area contributed by atoms with Crippen molar-refractivity contribution in [2.45, 2.75) is 39.2 Å². The average Bonchev–Trinajstić information content (AvgIpc) is 2.26. The number of benzene rings is 1. The van der Waals surface area contributed by atoms with E-state index < -0.39 is 17.5 Å². The van der Waals surface area contributed by atoms with Gasteiger partial charge in [-0.1, -0.05) is 12.1 Å². The van der Waals surface area contributed by atoms with Gasteiger partial charge in [0.25, 0.3) is 0 Å². The third kappa shape index (κ3) is 3.87. The van der Waals surface area contributed by atoms with Gasteiger partial charge in [0.15, 0.2) is 0 Å². The van der Waals surface area contributed by atoms with E-state index in [1.165, 1.54) is 12.1 Å². The molecule has 1 aromatic carbocycles. The van der Waals surface area contributed by atoms with Crippen molar-refractivity contribution in [1.29, 1.82) is 0 Å². The first kappa shape index (κ1) is 14.2. The number of aromatic carboxylic acids is 1. The summed E-state index contributed by atoms with van der Waals surface area (Å²) in [7, 11) is 0. The van der Waals surface area contributed by atoms with Gasteiger partial charge in [-0.05, 0) is 45.4 Å². The van der Waals surface area contributed by atoms with E-state index in [1.807, 2.05) is 0 Å². The number of carboxylic acids is 1. The minimum Gasteiger partial charge on any atom is -0.478 e. The van der Waals surface area contributed by atoms with Crippen molar-refractivity contribution < 1.29 is 19.4 Å². The maximum Gasteiger partial charge on any atom is 0.335 e. The highest BCUT2D eigenvalue weighted by Crippen LogP contribution is 2.21. The van der Waals surface area contributed by atoms with Crippen LogP contribution in [0.2, 0.25) is 0 Å². The van der Waals surface area contributed by atoms with Crippen LogP contribution in [0.5, 0.6) is 0 Å². The number of hydrogen-bond donors (Lipinski definition) is 1. The Labute approximate surface area is 107 Å². The molecule has 0 aliphatic rings. The van der Waals surface area contributed by atoms with Crippen LogP contribution in [0.1, 0.15) is 49.5 Å². The van der Waals surface area contributed by atoms with Gasteiger partial charge >= 0.3 is 11.9 Å². The molecule has 4 nitrogen and oxygen atoms in total. The summed E-state index contributed by atoms with van der Waals surface area (Å²) < 4.78 is 5.27. The fourth-order valence-electron chi connectivity index (χ4n) is 1.47. The van der Waals surface area contributed by atoms with Crippen LogP contribution in [-0.2, 0) is 9.53 Å². The lowest BCUT2D eigenvalue weighted by Crippen LogP contribution is -2.26. The van der Waals surface area contributed by atoms with Crippen molar-refractivity contribution in [3.8, 4) is 0 Å². The van der Waals surface area contributed by atoms with Gasteiger partial charge in [-0.3, -0.25) is 4.79 Å².